The maximum absolute atomic E-state index is 11.5. The fourth-order valence-electron chi connectivity index (χ4n) is 2.10. The number of H-pyrrole nitrogens is 1. The van der Waals surface area contributed by atoms with Gasteiger partial charge in [0.2, 0.25) is 0 Å². The first-order valence-electron chi connectivity index (χ1n) is 5.85. The number of thioether (sulfide) groups is 1. The molecule has 2 N–H and O–H groups in total. The van der Waals surface area contributed by atoms with Gasteiger partial charge in [-0.3, -0.25) is 4.57 Å². The second kappa shape index (κ2) is 4.25. The van der Waals surface area contributed by atoms with Crippen LogP contribution in [0.4, 0.5) is 0 Å². The van der Waals surface area contributed by atoms with Crippen LogP contribution in [0, 0.1) is 5.92 Å². The second-order valence-electron chi connectivity index (χ2n) is 4.58. The highest BCUT2D eigenvalue weighted by molar-refractivity contribution is 7.99. The van der Waals surface area contributed by atoms with E-state index in [1.165, 1.54) is 6.42 Å². The molecule has 88 valence electrons. The van der Waals surface area contributed by atoms with Crippen molar-refractivity contribution in [1.82, 2.24) is 20.1 Å². The third-order valence-electron chi connectivity index (χ3n) is 3.19. The molecule has 3 rings (SSSR count). The third kappa shape index (κ3) is 2.04. The fourth-order valence-corrected chi connectivity index (χ4v) is 3.25. The monoisotopic (exact) mass is 240 g/mol. The van der Waals surface area contributed by atoms with Crippen molar-refractivity contribution in [2.45, 2.75) is 30.5 Å². The number of aromatic amines is 1. The molecule has 1 aliphatic carbocycles. The number of aromatic nitrogens is 3. The van der Waals surface area contributed by atoms with Crippen molar-refractivity contribution >= 4 is 11.8 Å². The van der Waals surface area contributed by atoms with Gasteiger partial charge in [0.15, 0.2) is 5.16 Å². The van der Waals surface area contributed by atoms with Crippen molar-refractivity contribution < 1.29 is 0 Å². The first-order valence-corrected chi connectivity index (χ1v) is 6.83. The summed E-state index contributed by atoms with van der Waals surface area (Å²) in [4.78, 5) is 11.5. The molecule has 1 atom stereocenters. The average molecular weight is 240 g/mol. The number of nitrogens with zero attached hydrogens (tertiary/aromatic N) is 2. The molecule has 1 aromatic rings. The number of rotatable bonds is 4. The molecule has 0 radical (unpaired) electrons. The number of hydrogen-bond acceptors (Lipinski definition) is 4. The van der Waals surface area contributed by atoms with E-state index in [9.17, 15) is 4.79 Å². The van der Waals surface area contributed by atoms with Gasteiger partial charge >= 0.3 is 5.69 Å². The molecular formula is C10H16N4OS. The summed E-state index contributed by atoms with van der Waals surface area (Å²) in [6.45, 7) is 2.23. The molecule has 1 aliphatic heterocycles. The van der Waals surface area contributed by atoms with E-state index in [0.29, 0.717) is 6.04 Å². The molecule has 1 unspecified atom stereocenters. The Balaban J connectivity index is 1.66. The smallest absolute Gasteiger partial charge is 0.316 e. The van der Waals surface area contributed by atoms with Crippen molar-refractivity contribution in [3.05, 3.63) is 10.5 Å². The van der Waals surface area contributed by atoms with E-state index in [0.717, 1.165) is 42.8 Å². The lowest BCUT2D eigenvalue weighted by Crippen LogP contribution is -2.16. The van der Waals surface area contributed by atoms with Crippen LogP contribution in [0.3, 0.4) is 0 Å². The van der Waals surface area contributed by atoms with E-state index in [-0.39, 0.29) is 5.69 Å². The third-order valence-corrected chi connectivity index (χ3v) is 4.38. The molecular weight excluding hydrogens is 224 g/mol. The van der Waals surface area contributed by atoms with Gasteiger partial charge in [-0.15, -0.1) is 5.10 Å². The Hall–Kier alpha value is -0.750. The Morgan fingerprint density at radius 2 is 2.31 bits per heavy atom. The first kappa shape index (κ1) is 10.4. The van der Waals surface area contributed by atoms with Crippen LogP contribution in [0.2, 0.25) is 0 Å². The van der Waals surface area contributed by atoms with Crippen LogP contribution in [0.25, 0.3) is 0 Å². The SMILES string of the molecule is O=c1[nH]nc(SCC2CCNC2)n1C1CC1. The van der Waals surface area contributed by atoms with Gasteiger partial charge in [-0.2, -0.15) is 0 Å². The molecule has 0 amide bonds. The minimum absolute atomic E-state index is 0.0467. The highest BCUT2D eigenvalue weighted by Crippen LogP contribution is 2.36. The van der Waals surface area contributed by atoms with Crippen LogP contribution < -0.4 is 11.0 Å². The van der Waals surface area contributed by atoms with E-state index in [1.54, 1.807) is 11.8 Å². The Morgan fingerprint density at radius 3 is 3.00 bits per heavy atom. The second-order valence-corrected chi connectivity index (χ2v) is 5.57. The highest BCUT2D eigenvalue weighted by atomic mass is 32.2. The summed E-state index contributed by atoms with van der Waals surface area (Å²) < 4.78 is 1.83. The molecule has 16 heavy (non-hydrogen) atoms. The molecule has 6 heteroatoms. The zero-order valence-corrected chi connectivity index (χ0v) is 9.92. The van der Waals surface area contributed by atoms with Crippen LogP contribution in [0.5, 0.6) is 0 Å². The molecule has 1 saturated carbocycles. The minimum Gasteiger partial charge on any atom is -0.316 e. The summed E-state index contributed by atoms with van der Waals surface area (Å²) in [5.74, 6) is 1.79. The van der Waals surface area contributed by atoms with Gasteiger partial charge in [0.1, 0.15) is 0 Å². The van der Waals surface area contributed by atoms with Crippen LogP contribution in [-0.4, -0.2) is 33.6 Å². The Bertz CT molecular complexity index is 417. The largest absolute Gasteiger partial charge is 0.344 e. The van der Waals surface area contributed by atoms with E-state index in [2.05, 4.69) is 15.5 Å². The maximum atomic E-state index is 11.5. The summed E-state index contributed by atoms with van der Waals surface area (Å²) >= 11 is 1.71. The van der Waals surface area contributed by atoms with Gasteiger partial charge in [0.25, 0.3) is 0 Å². The predicted octanol–water partition coefficient (Wildman–Crippen LogP) is 0.608. The van der Waals surface area contributed by atoms with E-state index in [1.807, 2.05) is 4.57 Å². The molecule has 2 fully saturated rings. The molecule has 1 aromatic heterocycles. The van der Waals surface area contributed by atoms with E-state index in [4.69, 9.17) is 0 Å². The summed E-state index contributed by atoms with van der Waals surface area (Å²) in [6, 6.07) is 0.412. The molecule has 2 aliphatic rings. The van der Waals surface area contributed by atoms with Crippen molar-refractivity contribution in [3.63, 3.8) is 0 Å². The van der Waals surface area contributed by atoms with Gasteiger partial charge in [0, 0.05) is 11.8 Å². The minimum atomic E-state index is -0.0467. The maximum Gasteiger partial charge on any atom is 0.344 e. The highest BCUT2D eigenvalue weighted by Gasteiger charge is 2.29. The molecule has 0 aromatic carbocycles. The fraction of sp³-hybridized carbons (Fsp3) is 0.800. The topological polar surface area (TPSA) is 62.7 Å². The Kier molecular flexibility index (Phi) is 2.77. The zero-order chi connectivity index (χ0) is 11.0. The average Bonchev–Trinajstić information content (AvgIpc) is 2.85. The summed E-state index contributed by atoms with van der Waals surface area (Å²) in [5.41, 5.74) is -0.0467. The lowest BCUT2D eigenvalue weighted by atomic mass is 10.2. The van der Waals surface area contributed by atoms with E-state index < -0.39 is 0 Å². The summed E-state index contributed by atoms with van der Waals surface area (Å²) in [6.07, 6.45) is 3.49. The van der Waals surface area contributed by atoms with Gasteiger partial charge in [-0.25, -0.2) is 9.89 Å². The van der Waals surface area contributed by atoms with Crippen LogP contribution in [0.1, 0.15) is 25.3 Å². The van der Waals surface area contributed by atoms with Crippen molar-refractivity contribution in [2.24, 2.45) is 5.92 Å². The molecule has 2 heterocycles. The number of hydrogen-bond donors (Lipinski definition) is 2. The van der Waals surface area contributed by atoms with Crippen molar-refractivity contribution in [1.29, 1.82) is 0 Å². The normalized spacial score (nSPS) is 25.1. The van der Waals surface area contributed by atoms with Gasteiger partial charge in [-0.1, -0.05) is 11.8 Å². The van der Waals surface area contributed by atoms with Gasteiger partial charge < -0.3 is 5.32 Å². The van der Waals surface area contributed by atoms with Gasteiger partial charge in [-0.05, 0) is 38.3 Å². The molecule has 0 spiro atoms. The summed E-state index contributed by atoms with van der Waals surface area (Å²) in [5, 5.41) is 10.9. The van der Waals surface area contributed by atoms with E-state index >= 15 is 0 Å². The van der Waals surface area contributed by atoms with Crippen LogP contribution in [0.15, 0.2) is 9.95 Å². The lowest BCUT2D eigenvalue weighted by molar-refractivity contribution is 0.633. The Labute approximate surface area is 98.0 Å². The van der Waals surface area contributed by atoms with Gasteiger partial charge in [0.05, 0.1) is 0 Å². The van der Waals surface area contributed by atoms with Crippen LogP contribution in [-0.2, 0) is 0 Å². The lowest BCUT2D eigenvalue weighted by Gasteiger charge is -2.07. The molecule has 0 bridgehead atoms. The molecule has 1 saturated heterocycles. The zero-order valence-electron chi connectivity index (χ0n) is 9.11. The molecule has 5 nitrogen and oxygen atoms in total. The Morgan fingerprint density at radius 1 is 1.44 bits per heavy atom. The standard InChI is InChI=1S/C10H16N4OS/c15-9-12-13-10(14(9)8-1-2-8)16-6-7-3-4-11-5-7/h7-8,11H,1-6H2,(H,12,15). The predicted molar refractivity (Wildman–Crippen MR) is 62.8 cm³/mol. The first-order chi connectivity index (χ1) is 7.84. The quantitative estimate of drug-likeness (QED) is 0.757. The summed E-state index contributed by atoms with van der Waals surface area (Å²) in [7, 11) is 0. The number of nitrogens with one attached hydrogen (secondary N) is 2. The van der Waals surface area contributed by atoms with Crippen LogP contribution >= 0.6 is 11.8 Å². The van der Waals surface area contributed by atoms with Crippen molar-refractivity contribution in [2.75, 3.05) is 18.8 Å². The van der Waals surface area contributed by atoms with Crippen molar-refractivity contribution in [3.8, 4) is 0 Å².